The molecule has 2 rings (SSSR count). The van der Waals surface area contributed by atoms with Crippen LogP contribution in [0, 0.1) is 13.8 Å². The predicted molar refractivity (Wildman–Crippen MR) is 106 cm³/mol. The van der Waals surface area contributed by atoms with Gasteiger partial charge in [0.15, 0.2) is 0 Å². The minimum absolute atomic E-state index is 0.0599. The van der Waals surface area contributed by atoms with E-state index in [1.165, 1.54) is 7.11 Å². The number of esters is 1. The van der Waals surface area contributed by atoms with Gasteiger partial charge in [0, 0.05) is 30.7 Å². The summed E-state index contributed by atoms with van der Waals surface area (Å²) in [6.07, 6.45) is 1.37. The van der Waals surface area contributed by atoms with Gasteiger partial charge in [0.05, 0.1) is 7.11 Å². The van der Waals surface area contributed by atoms with E-state index < -0.39 is 17.9 Å². The Bertz CT molecular complexity index is 978. The first-order valence-electron chi connectivity index (χ1n) is 9.02. The third-order valence-corrected chi connectivity index (χ3v) is 5.01. The van der Waals surface area contributed by atoms with Gasteiger partial charge in [-0.1, -0.05) is 0 Å². The average Bonchev–Trinajstić information content (AvgIpc) is 3.22. The summed E-state index contributed by atoms with van der Waals surface area (Å²) in [5.74, 6) is -1.94. The van der Waals surface area contributed by atoms with E-state index in [9.17, 15) is 19.2 Å². The van der Waals surface area contributed by atoms with E-state index in [0.29, 0.717) is 46.3 Å². The van der Waals surface area contributed by atoms with Crippen molar-refractivity contribution >= 4 is 40.3 Å². The van der Waals surface area contributed by atoms with E-state index in [0.717, 1.165) is 0 Å². The number of methoxy groups -OCH3 is 1. The second kappa shape index (κ2) is 10.00. The number of aldehydes is 1. The van der Waals surface area contributed by atoms with E-state index in [1.54, 1.807) is 13.8 Å². The number of H-pyrrole nitrogens is 2. The molecule has 2 aromatic heterocycles. The molecule has 30 heavy (non-hydrogen) atoms. The Morgan fingerprint density at radius 2 is 1.43 bits per heavy atom. The second-order valence-electron chi connectivity index (χ2n) is 6.60. The zero-order valence-corrected chi connectivity index (χ0v) is 16.9. The number of carbonyl (C=O) groups excluding carboxylic acids is 4. The second-order valence-corrected chi connectivity index (χ2v) is 6.60. The fourth-order valence-corrected chi connectivity index (χ4v) is 3.43. The molecule has 0 amide bonds. The third-order valence-electron chi connectivity index (χ3n) is 5.01. The molecule has 0 unspecified atom stereocenters. The molecular formula is C19H20B2N2O7. The molecule has 2 N–H and O–H groups in total. The lowest BCUT2D eigenvalue weighted by atomic mass is 9.99. The van der Waals surface area contributed by atoms with Crippen LogP contribution >= 0.6 is 0 Å². The summed E-state index contributed by atoms with van der Waals surface area (Å²) < 4.78 is 13.3. The lowest BCUT2D eigenvalue weighted by Crippen LogP contribution is -2.05. The summed E-state index contributed by atoms with van der Waals surface area (Å²) in [6, 6.07) is 0. The van der Waals surface area contributed by atoms with Gasteiger partial charge in [0.25, 0.3) is 0 Å². The summed E-state index contributed by atoms with van der Waals surface area (Å²) in [5.41, 5.74) is 3.86. The molecule has 0 saturated heterocycles. The summed E-state index contributed by atoms with van der Waals surface area (Å²) in [6.45, 7) is 3.36. The van der Waals surface area contributed by atoms with Gasteiger partial charge in [0.1, 0.15) is 17.7 Å². The van der Waals surface area contributed by atoms with Gasteiger partial charge in [-0.2, -0.15) is 0 Å². The van der Waals surface area contributed by atoms with E-state index in [-0.39, 0.29) is 30.7 Å². The van der Waals surface area contributed by atoms with Gasteiger partial charge in [-0.15, -0.1) is 0 Å². The van der Waals surface area contributed by atoms with Crippen molar-refractivity contribution in [2.75, 3.05) is 7.11 Å². The van der Waals surface area contributed by atoms with Crippen molar-refractivity contribution in [1.82, 2.24) is 9.97 Å². The SMILES string of the molecule is [B]OC(=O)c1[nH]c(Cc2[nH]c(C(=O)O[B])c(C)c2CCC(=O)OC)c(CC=O)c1C. The normalized spacial score (nSPS) is 10.5. The van der Waals surface area contributed by atoms with Crippen LogP contribution in [0.15, 0.2) is 0 Å². The Hall–Kier alpha value is -3.23. The Morgan fingerprint density at radius 3 is 1.90 bits per heavy atom. The average molecular weight is 410 g/mol. The van der Waals surface area contributed by atoms with E-state index in [2.05, 4.69) is 24.0 Å². The molecule has 0 fully saturated rings. The highest BCUT2D eigenvalue weighted by atomic mass is 16.5. The van der Waals surface area contributed by atoms with Crippen LogP contribution in [-0.2, 0) is 42.9 Å². The first kappa shape index (κ1) is 23.1. The highest BCUT2D eigenvalue weighted by Gasteiger charge is 2.24. The molecule has 4 radical (unpaired) electrons. The highest BCUT2D eigenvalue weighted by molar-refractivity contribution is 6.10. The van der Waals surface area contributed by atoms with Gasteiger partial charge in [-0.05, 0) is 42.5 Å². The smallest absolute Gasteiger partial charge is 0.378 e. The molecular weight excluding hydrogens is 390 g/mol. The molecule has 0 atom stereocenters. The Kier molecular flexibility index (Phi) is 7.68. The molecule has 9 nitrogen and oxygen atoms in total. The van der Waals surface area contributed by atoms with Crippen molar-refractivity contribution in [1.29, 1.82) is 0 Å². The number of carbonyl (C=O) groups is 4. The van der Waals surface area contributed by atoms with Crippen molar-refractivity contribution in [3.05, 3.63) is 45.0 Å². The van der Waals surface area contributed by atoms with Crippen LogP contribution in [0.3, 0.4) is 0 Å². The lowest BCUT2D eigenvalue weighted by Gasteiger charge is -2.06. The monoisotopic (exact) mass is 410 g/mol. The van der Waals surface area contributed by atoms with Crippen LogP contribution in [0.2, 0.25) is 0 Å². The van der Waals surface area contributed by atoms with Crippen molar-refractivity contribution in [2.45, 2.75) is 39.5 Å². The number of aromatic nitrogens is 2. The fraction of sp³-hybridized carbons (Fsp3) is 0.368. The maximum absolute atomic E-state index is 12.0. The van der Waals surface area contributed by atoms with Gasteiger partial charge in [0.2, 0.25) is 0 Å². The number of rotatable bonds is 9. The molecule has 0 saturated carbocycles. The van der Waals surface area contributed by atoms with E-state index in [4.69, 9.17) is 16.1 Å². The maximum atomic E-state index is 12.0. The molecule has 0 aliphatic rings. The van der Waals surface area contributed by atoms with Crippen LogP contribution in [0.25, 0.3) is 0 Å². The molecule has 2 aromatic rings. The van der Waals surface area contributed by atoms with Crippen LogP contribution in [0.4, 0.5) is 0 Å². The van der Waals surface area contributed by atoms with E-state index >= 15 is 0 Å². The van der Waals surface area contributed by atoms with Crippen LogP contribution < -0.4 is 0 Å². The van der Waals surface area contributed by atoms with Gasteiger partial charge in [-0.25, -0.2) is 9.59 Å². The molecule has 0 aromatic carbocycles. The lowest BCUT2D eigenvalue weighted by molar-refractivity contribution is -0.140. The quantitative estimate of drug-likeness (QED) is 0.357. The first-order chi connectivity index (χ1) is 14.3. The summed E-state index contributed by atoms with van der Waals surface area (Å²) >= 11 is 0. The summed E-state index contributed by atoms with van der Waals surface area (Å²) in [4.78, 5) is 52.6. The van der Waals surface area contributed by atoms with Crippen LogP contribution in [0.1, 0.15) is 61.0 Å². The number of aromatic amines is 2. The molecule has 0 spiro atoms. The Labute approximate surface area is 175 Å². The number of ether oxygens (including phenoxy) is 1. The highest BCUT2D eigenvalue weighted by Crippen LogP contribution is 2.27. The minimum atomic E-state index is -0.771. The van der Waals surface area contributed by atoms with Gasteiger partial charge in [-0.3, -0.25) is 4.79 Å². The molecule has 2 heterocycles. The molecule has 11 heteroatoms. The van der Waals surface area contributed by atoms with E-state index in [1.807, 2.05) is 0 Å². The van der Waals surface area contributed by atoms with Gasteiger partial charge < -0.3 is 28.8 Å². The maximum Gasteiger partial charge on any atom is 0.378 e. The molecule has 0 aliphatic heterocycles. The van der Waals surface area contributed by atoms with Crippen molar-refractivity contribution in [3.8, 4) is 0 Å². The molecule has 0 aliphatic carbocycles. The zero-order valence-electron chi connectivity index (χ0n) is 16.9. The summed E-state index contributed by atoms with van der Waals surface area (Å²) in [5, 5.41) is 0. The number of nitrogens with one attached hydrogen (secondary N) is 2. The molecule has 154 valence electrons. The predicted octanol–water partition coefficient (Wildman–Crippen LogP) is 0.878. The zero-order chi connectivity index (χ0) is 22.4. The topological polar surface area (TPSA) is 128 Å². The van der Waals surface area contributed by atoms with Gasteiger partial charge >= 0.3 is 34.0 Å². The van der Waals surface area contributed by atoms with Crippen molar-refractivity contribution in [2.24, 2.45) is 0 Å². The fourth-order valence-electron chi connectivity index (χ4n) is 3.43. The number of hydrogen-bond acceptors (Lipinski definition) is 7. The Morgan fingerprint density at radius 1 is 0.933 bits per heavy atom. The standard InChI is InChI=1S/C19H20B2N2O7/c1-9-11(4-5-15(25)28-3)13(22-16(9)18(26)29-20)8-14-12(6-7-24)10(2)17(23-14)19(27)30-21/h7,22-23H,4-6,8H2,1-3H3. The third kappa shape index (κ3) is 4.67. The van der Waals surface area contributed by atoms with Crippen molar-refractivity contribution in [3.63, 3.8) is 0 Å². The largest absolute Gasteiger partial charge is 0.539 e. The first-order valence-corrected chi connectivity index (χ1v) is 9.02. The Balaban J connectivity index is 2.53. The van der Waals surface area contributed by atoms with Crippen LogP contribution in [-0.4, -0.2) is 57.4 Å². The number of hydrogen-bond donors (Lipinski definition) is 2. The van der Waals surface area contributed by atoms with Crippen molar-refractivity contribution < 1.29 is 33.2 Å². The minimum Gasteiger partial charge on any atom is -0.539 e. The molecule has 0 bridgehead atoms. The summed E-state index contributed by atoms with van der Waals surface area (Å²) in [7, 11) is 11.3. The van der Waals surface area contributed by atoms with Crippen LogP contribution in [0.5, 0.6) is 0 Å².